The van der Waals surface area contributed by atoms with Crippen molar-refractivity contribution in [2.24, 2.45) is 0 Å². The molecule has 0 aliphatic rings. The fourth-order valence-corrected chi connectivity index (χ4v) is 2.80. The van der Waals surface area contributed by atoms with Crippen molar-refractivity contribution < 1.29 is 19.4 Å². The largest absolute Gasteiger partial charge is 0.488 e. The fraction of sp³-hybridized carbons (Fsp3) is 0.190. The molecule has 0 saturated heterocycles. The molecule has 1 atom stereocenters. The van der Waals surface area contributed by atoms with Crippen molar-refractivity contribution in [3.05, 3.63) is 66.7 Å². The van der Waals surface area contributed by atoms with Crippen molar-refractivity contribution in [3.8, 4) is 5.75 Å². The van der Waals surface area contributed by atoms with Gasteiger partial charge >= 0.3 is 5.97 Å². The maximum absolute atomic E-state index is 11.4. The molecule has 4 heteroatoms. The van der Waals surface area contributed by atoms with E-state index in [1.54, 1.807) is 0 Å². The van der Waals surface area contributed by atoms with E-state index in [1.165, 1.54) is 0 Å². The minimum absolute atomic E-state index is 0.0626. The van der Waals surface area contributed by atoms with Gasteiger partial charge in [-0.2, -0.15) is 0 Å². The minimum atomic E-state index is -0.746. The Balaban J connectivity index is 2.01. The second-order valence-electron chi connectivity index (χ2n) is 5.91. The molecule has 128 valence electrons. The second-order valence-corrected chi connectivity index (χ2v) is 5.91. The average Bonchev–Trinajstić information content (AvgIpc) is 2.64. The molecule has 0 fully saturated rings. The number of hydrogen-bond acceptors (Lipinski definition) is 4. The average molecular weight is 336 g/mol. The molecular formula is C21H20O4. The van der Waals surface area contributed by atoms with Gasteiger partial charge in [0, 0.05) is 16.8 Å². The standard InChI is InChI=1S/C21H20O4/c1-3-20(23)25-17(12-22)13-24-21-18-7-5-4-6-15(18)11-16-9-8-14(2)10-19(16)21/h3-11,17,22H,1,12-13H2,2H3. The Morgan fingerprint density at radius 1 is 1.16 bits per heavy atom. The van der Waals surface area contributed by atoms with E-state index in [0.29, 0.717) is 0 Å². The molecule has 0 spiro atoms. The van der Waals surface area contributed by atoms with Crippen LogP contribution in [0, 0.1) is 6.92 Å². The van der Waals surface area contributed by atoms with Crippen LogP contribution in [0.2, 0.25) is 0 Å². The topological polar surface area (TPSA) is 55.8 Å². The predicted molar refractivity (Wildman–Crippen MR) is 98.8 cm³/mol. The van der Waals surface area contributed by atoms with Crippen molar-refractivity contribution >= 4 is 27.5 Å². The molecule has 0 bridgehead atoms. The number of carbonyl (C=O) groups is 1. The summed E-state index contributed by atoms with van der Waals surface area (Å²) in [4.78, 5) is 11.4. The lowest BCUT2D eigenvalue weighted by Crippen LogP contribution is -2.27. The fourth-order valence-electron chi connectivity index (χ4n) is 2.80. The summed E-state index contributed by atoms with van der Waals surface area (Å²) in [6, 6.07) is 16.3. The molecule has 25 heavy (non-hydrogen) atoms. The third-order valence-corrected chi connectivity index (χ3v) is 4.04. The number of aliphatic hydroxyl groups excluding tert-OH is 1. The summed E-state index contributed by atoms with van der Waals surface area (Å²) >= 11 is 0. The van der Waals surface area contributed by atoms with E-state index in [2.05, 4.69) is 30.8 Å². The normalized spacial score (nSPS) is 12.1. The monoisotopic (exact) mass is 336 g/mol. The highest BCUT2D eigenvalue weighted by molar-refractivity contribution is 6.05. The van der Waals surface area contributed by atoms with Gasteiger partial charge in [0.05, 0.1) is 6.61 Å². The van der Waals surface area contributed by atoms with Gasteiger partial charge in [0.25, 0.3) is 0 Å². The first-order valence-electron chi connectivity index (χ1n) is 8.11. The van der Waals surface area contributed by atoms with Crippen LogP contribution in [0.25, 0.3) is 21.5 Å². The van der Waals surface area contributed by atoms with E-state index in [4.69, 9.17) is 9.47 Å². The molecule has 1 N–H and O–H groups in total. The summed E-state index contributed by atoms with van der Waals surface area (Å²) < 4.78 is 11.1. The number of rotatable bonds is 6. The smallest absolute Gasteiger partial charge is 0.330 e. The zero-order valence-electron chi connectivity index (χ0n) is 14.1. The Labute approximate surface area is 146 Å². The van der Waals surface area contributed by atoms with Gasteiger partial charge in [-0.25, -0.2) is 4.79 Å². The number of aliphatic hydroxyl groups is 1. The van der Waals surface area contributed by atoms with E-state index >= 15 is 0 Å². The zero-order valence-corrected chi connectivity index (χ0v) is 14.1. The summed E-state index contributed by atoms with van der Waals surface area (Å²) in [5.41, 5.74) is 1.13. The number of ether oxygens (including phenoxy) is 2. The van der Waals surface area contributed by atoms with Crippen molar-refractivity contribution in [3.63, 3.8) is 0 Å². The predicted octanol–water partition coefficient (Wildman–Crippen LogP) is 3.77. The number of benzene rings is 3. The molecule has 0 aliphatic carbocycles. The number of carbonyl (C=O) groups excluding carboxylic acids is 1. The summed E-state index contributed by atoms with van der Waals surface area (Å²) in [5, 5.41) is 13.5. The van der Waals surface area contributed by atoms with Crippen LogP contribution < -0.4 is 4.74 Å². The number of hydrogen-bond donors (Lipinski definition) is 1. The number of fused-ring (bicyclic) bond motifs is 2. The molecule has 3 aromatic rings. The molecule has 4 nitrogen and oxygen atoms in total. The summed E-state index contributed by atoms with van der Waals surface area (Å²) in [5.74, 6) is 0.145. The Hall–Kier alpha value is -2.85. The van der Waals surface area contributed by atoms with Gasteiger partial charge in [-0.15, -0.1) is 0 Å². The Morgan fingerprint density at radius 2 is 1.92 bits per heavy atom. The maximum atomic E-state index is 11.4. The number of aryl methyl sites for hydroxylation is 1. The maximum Gasteiger partial charge on any atom is 0.330 e. The lowest BCUT2D eigenvalue weighted by atomic mass is 10.0. The summed E-state index contributed by atoms with van der Waals surface area (Å²) in [6.45, 7) is 5.13. The number of esters is 1. The van der Waals surface area contributed by atoms with Gasteiger partial charge in [-0.05, 0) is 29.8 Å². The van der Waals surface area contributed by atoms with Crippen LogP contribution in [0.5, 0.6) is 5.75 Å². The van der Waals surface area contributed by atoms with E-state index in [0.717, 1.165) is 38.9 Å². The zero-order chi connectivity index (χ0) is 17.8. The highest BCUT2D eigenvalue weighted by Gasteiger charge is 2.15. The van der Waals surface area contributed by atoms with Gasteiger partial charge in [-0.1, -0.05) is 48.5 Å². The summed E-state index contributed by atoms with van der Waals surface area (Å²) in [7, 11) is 0. The van der Waals surface area contributed by atoms with Crippen molar-refractivity contribution in [1.29, 1.82) is 0 Å². The second kappa shape index (κ2) is 7.36. The van der Waals surface area contributed by atoms with Gasteiger partial charge in [-0.3, -0.25) is 0 Å². The van der Waals surface area contributed by atoms with Crippen LogP contribution in [-0.4, -0.2) is 30.4 Å². The molecule has 1 unspecified atom stereocenters. The third-order valence-electron chi connectivity index (χ3n) is 4.04. The molecule has 0 aliphatic heterocycles. The van der Waals surface area contributed by atoms with Crippen LogP contribution in [0.3, 0.4) is 0 Å². The van der Waals surface area contributed by atoms with E-state index < -0.39 is 12.1 Å². The molecule has 0 aromatic heterocycles. The SMILES string of the molecule is C=CC(=O)OC(CO)COc1c2ccccc2cc2ccc(C)cc12. The van der Waals surface area contributed by atoms with Crippen LogP contribution in [-0.2, 0) is 9.53 Å². The Kier molecular flexibility index (Phi) is 5.00. The first kappa shape index (κ1) is 17.0. The molecule has 3 rings (SSSR count). The van der Waals surface area contributed by atoms with Crippen molar-refractivity contribution in [1.82, 2.24) is 0 Å². The molecule has 0 radical (unpaired) electrons. The first-order valence-corrected chi connectivity index (χ1v) is 8.11. The van der Waals surface area contributed by atoms with Gasteiger partial charge in [0.1, 0.15) is 12.4 Å². The van der Waals surface area contributed by atoms with Gasteiger partial charge in [0.15, 0.2) is 6.10 Å². The first-order chi connectivity index (χ1) is 12.1. The Morgan fingerprint density at radius 3 is 2.68 bits per heavy atom. The van der Waals surface area contributed by atoms with Crippen molar-refractivity contribution in [2.45, 2.75) is 13.0 Å². The summed E-state index contributed by atoms with van der Waals surface area (Å²) in [6.07, 6.45) is 0.323. The minimum Gasteiger partial charge on any atom is -0.488 e. The lowest BCUT2D eigenvalue weighted by molar-refractivity contribution is -0.146. The van der Waals surface area contributed by atoms with E-state index in [1.807, 2.05) is 31.2 Å². The molecular weight excluding hydrogens is 316 g/mol. The Bertz CT molecular complexity index is 930. The van der Waals surface area contributed by atoms with Crippen LogP contribution >= 0.6 is 0 Å². The van der Waals surface area contributed by atoms with Crippen LogP contribution in [0.4, 0.5) is 0 Å². The third kappa shape index (κ3) is 3.64. The van der Waals surface area contributed by atoms with Crippen LogP contribution in [0.15, 0.2) is 61.2 Å². The van der Waals surface area contributed by atoms with E-state index in [-0.39, 0.29) is 13.2 Å². The molecule has 0 heterocycles. The highest BCUT2D eigenvalue weighted by atomic mass is 16.6. The van der Waals surface area contributed by atoms with E-state index in [9.17, 15) is 9.90 Å². The lowest BCUT2D eigenvalue weighted by Gasteiger charge is -2.18. The van der Waals surface area contributed by atoms with Gasteiger partial charge in [0.2, 0.25) is 0 Å². The quantitative estimate of drug-likeness (QED) is 0.423. The molecule has 0 amide bonds. The highest BCUT2D eigenvalue weighted by Crippen LogP contribution is 2.35. The molecule has 3 aromatic carbocycles. The van der Waals surface area contributed by atoms with Crippen LogP contribution in [0.1, 0.15) is 5.56 Å². The van der Waals surface area contributed by atoms with Gasteiger partial charge < -0.3 is 14.6 Å². The van der Waals surface area contributed by atoms with Crippen molar-refractivity contribution in [2.75, 3.05) is 13.2 Å². The molecule has 0 saturated carbocycles.